The third-order valence-electron chi connectivity index (χ3n) is 2.83. The second-order valence-corrected chi connectivity index (χ2v) is 4.50. The second kappa shape index (κ2) is 14.5. The summed E-state index contributed by atoms with van der Waals surface area (Å²) in [7, 11) is 0. The van der Waals surface area contributed by atoms with E-state index in [2.05, 4.69) is 6.92 Å². The average molecular weight is 254 g/mol. The molecule has 4 heteroatoms. The summed E-state index contributed by atoms with van der Waals surface area (Å²) in [5, 5.41) is 17.9. The number of unbranched alkanes of at least 4 members (excludes halogenated alkanes) is 6. The smallest absolute Gasteiger partial charge is 1.00 e. The molecule has 0 spiro atoms. The topological polar surface area (TPSA) is 57.5 Å². The first kappa shape index (κ1) is 19.8. The fourth-order valence-electron chi connectivity index (χ4n) is 1.77. The van der Waals surface area contributed by atoms with Gasteiger partial charge < -0.3 is 11.6 Å². The number of hydrogen-bond donors (Lipinski definition) is 2. The maximum atomic E-state index is 10.3. The summed E-state index contributed by atoms with van der Waals surface area (Å²) in [4.78, 5) is 10.3. The summed E-state index contributed by atoms with van der Waals surface area (Å²) in [5.74, 6) is -0.821. The molecule has 0 aromatic carbocycles. The first-order valence-corrected chi connectivity index (χ1v) is 6.56. The molecule has 0 aliphatic rings. The minimum atomic E-state index is -0.821. The zero-order chi connectivity index (χ0) is 12.2. The molecule has 0 bridgehead atoms. The molecule has 0 aliphatic carbocycles. The maximum absolute atomic E-state index is 10.3. The van der Waals surface area contributed by atoms with Crippen molar-refractivity contribution in [3.8, 4) is 0 Å². The van der Waals surface area contributed by atoms with E-state index in [1.807, 2.05) is 0 Å². The number of hydrogen-bond acceptors (Lipinski definition) is 2. The average Bonchev–Trinajstić information content (AvgIpc) is 2.25. The Labute approximate surface area is 129 Å². The summed E-state index contributed by atoms with van der Waals surface area (Å²) in [6.07, 6.45) is 9.43. The molecule has 17 heavy (non-hydrogen) atoms. The Bertz CT molecular complexity index is 180. The molecule has 98 valence electrons. The van der Waals surface area contributed by atoms with Crippen LogP contribution in [0.5, 0.6) is 0 Å². The second-order valence-electron chi connectivity index (χ2n) is 4.50. The monoisotopic (exact) mass is 254 g/mol. The summed E-state index contributed by atoms with van der Waals surface area (Å²) in [6, 6.07) is 0. The fraction of sp³-hybridized carbons (Fsp3) is 0.923. The summed E-state index contributed by atoms with van der Waals surface area (Å²) < 4.78 is 0. The Morgan fingerprint density at radius 1 is 1.06 bits per heavy atom. The van der Waals surface area contributed by atoms with Gasteiger partial charge in [-0.2, -0.15) is 0 Å². The molecule has 2 N–H and O–H groups in total. The van der Waals surface area contributed by atoms with Gasteiger partial charge in [0.25, 0.3) is 0 Å². The molecule has 3 nitrogen and oxygen atoms in total. The summed E-state index contributed by atoms with van der Waals surface area (Å²) in [6.45, 7) is 2.21. The molecular formula is C13H27NaO3. The Hall–Kier alpha value is 0.430. The van der Waals surface area contributed by atoms with Crippen LogP contribution in [0.4, 0.5) is 0 Å². The van der Waals surface area contributed by atoms with E-state index in [0.29, 0.717) is 6.42 Å². The zero-order valence-corrected chi connectivity index (χ0v) is 13.5. The third-order valence-corrected chi connectivity index (χ3v) is 2.83. The number of aliphatic carboxylic acids is 1. The molecule has 0 aromatic rings. The van der Waals surface area contributed by atoms with Gasteiger partial charge in [0.2, 0.25) is 0 Å². The zero-order valence-electron chi connectivity index (χ0n) is 12.5. The Balaban J connectivity index is -0.00000112. The van der Waals surface area contributed by atoms with Crippen LogP contribution in [0.2, 0.25) is 0 Å². The molecule has 0 heterocycles. The van der Waals surface area contributed by atoms with Crippen molar-refractivity contribution in [3.05, 3.63) is 0 Å². The number of carbonyl (C=O) groups is 1. The molecule has 1 unspecified atom stereocenters. The van der Waals surface area contributed by atoms with Gasteiger partial charge in [0.1, 0.15) is 0 Å². The predicted octanol–water partition coefficient (Wildman–Crippen LogP) is 0.469. The maximum Gasteiger partial charge on any atom is 1.00 e. The number of aliphatic hydroxyl groups excluding tert-OH is 1. The van der Waals surface area contributed by atoms with E-state index in [-0.39, 0.29) is 37.4 Å². The van der Waals surface area contributed by atoms with Crippen LogP contribution in [0.15, 0.2) is 0 Å². The molecule has 0 amide bonds. The number of aliphatic hydroxyl groups is 1. The van der Waals surface area contributed by atoms with Crippen molar-refractivity contribution in [1.29, 1.82) is 0 Å². The largest absolute Gasteiger partial charge is 1.00 e. The molecular weight excluding hydrogens is 227 g/mol. The van der Waals surface area contributed by atoms with Crippen LogP contribution in [-0.4, -0.2) is 22.3 Å². The standard InChI is InChI=1S/C13H26O3.Na.H/c1-2-3-4-5-6-7-8-9-12(14)10-11-13(15)16;;/h12,14H,2-11H2,1H3,(H,15,16);;/q;+1;-1. The van der Waals surface area contributed by atoms with Crippen LogP contribution in [0.25, 0.3) is 0 Å². The third kappa shape index (κ3) is 16.4. The van der Waals surface area contributed by atoms with Crippen molar-refractivity contribution >= 4 is 5.97 Å². The van der Waals surface area contributed by atoms with Crippen LogP contribution in [-0.2, 0) is 4.79 Å². The number of carboxylic acid groups (broad SMARTS) is 1. The summed E-state index contributed by atoms with van der Waals surface area (Å²) >= 11 is 0. The van der Waals surface area contributed by atoms with Crippen LogP contribution in [0.3, 0.4) is 0 Å². The van der Waals surface area contributed by atoms with E-state index in [9.17, 15) is 9.90 Å². The molecule has 0 fully saturated rings. The van der Waals surface area contributed by atoms with E-state index < -0.39 is 12.1 Å². The van der Waals surface area contributed by atoms with E-state index in [1.54, 1.807) is 0 Å². The van der Waals surface area contributed by atoms with Crippen LogP contribution in [0, 0.1) is 0 Å². The van der Waals surface area contributed by atoms with Gasteiger partial charge in [0.05, 0.1) is 6.10 Å². The molecule has 0 rings (SSSR count). The normalized spacial score (nSPS) is 11.9. The first-order chi connectivity index (χ1) is 7.66. The Morgan fingerprint density at radius 2 is 1.59 bits per heavy atom. The van der Waals surface area contributed by atoms with Crippen molar-refractivity contribution in [2.24, 2.45) is 0 Å². The fourth-order valence-corrected chi connectivity index (χ4v) is 1.77. The molecule has 1 atom stereocenters. The van der Waals surface area contributed by atoms with Crippen molar-refractivity contribution in [2.75, 3.05) is 0 Å². The van der Waals surface area contributed by atoms with Crippen LogP contribution >= 0.6 is 0 Å². The molecule has 0 aromatic heterocycles. The Kier molecular flexibility index (Phi) is 16.8. The van der Waals surface area contributed by atoms with Gasteiger partial charge in [-0.1, -0.05) is 51.9 Å². The van der Waals surface area contributed by atoms with Crippen molar-refractivity contribution < 1.29 is 46.0 Å². The van der Waals surface area contributed by atoms with Crippen molar-refractivity contribution in [2.45, 2.75) is 77.2 Å². The van der Waals surface area contributed by atoms with Gasteiger partial charge in [-0.15, -0.1) is 0 Å². The van der Waals surface area contributed by atoms with E-state index >= 15 is 0 Å². The van der Waals surface area contributed by atoms with Crippen molar-refractivity contribution in [1.82, 2.24) is 0 Å². The summed E-state index contributed by atoms with van der Waals surface area (Å²) in [5.41, 5.74) is 0. The quantitative estimate of drug-likeness (QED) is 0.416. The van der Waals surface area contributed by atoms with E-state index in [4.69, 9.17) is 5.11 Å². The first-order valence-electron chi connectivity index (χ1n) is 6.56. The van der Waals surface area contributed by atoms with Crippen LogP contribution < -0.4 is 29.6 Å². The molecule has 0 saturated heterocycles. The van der Waals surface area contributed by atoms with Crippen LogP contribution in [0.1, 0.15) is 72.6 Å². The van der Waals surface area contributed by atoms with Gasteiger partial charge in [-0.3, -0.25) is 4.79 Å². The minimum absolute atomic E-state index is 0. The van der Waals surface area contributed by atoms with Gasteiger partial charge in [-0.25, -0.2) is 0 Å². The van der Waals surface area contributed by atoms with Gasteiger partial charge in [0, 0.05) is 6.42 Å². The number of rotatable bonds is 11. The van der Waals surface area contributed by atoms with Gasteiger partial charge in [0.15, 0.2) is 0 Å². The SMILES string of the molecule is CCCCCCCCCC(O)CCC(=O)O.[H-].[Na+]. The van der Waals surface area contributed by atoms with E-state index in [1.165, 1.54) is 32.1 Å². The predicted molar refractivity (Wildman–Crippen MR) is 66.6 cm³/mol. The number of carboxylic acids is 1. The molecule has 0 radical (unpaired) electrons. The van der Waals surface area contributed by atoms with Gasteiger partial charge in [-0.05, 0) is 12.8 Å². The van der Waals surface area contributed by atoms with Crippen molar-refractivity contribution in [3.63, 3.8) is 0 Å². The molecule has 0 aliphatic heterocycles. The Morgan fingerprint density at radius 3 is 2.12 bits per heavy atom. The van der Waals surface area contributed by atoms with E-state index in [0.717, 1.165) is 19.3 Å². The molecule has 0 saturated carbocycles. The minimum Gasteiger partial charge on any atom is -1.00 e. The van der Waals surface area contributed by atoms with Gasteiger partial charge >= 0.3 is 35.5 Å².